The zero-order chi connectivity index (χ0) is 12.3. The largest absolute Gasteiger partial charge is 0.388 e. The second kappa shape index (κ2) is 4.78. The van der Waals surface area contributed by atoms with Crippen LogP contribution in [0.15, 0.2) is 18.2 Å². The highest BCUT2D eigenvalue weighted by atomic mass is 32.1. The molecule has 1 aromatic rings. The van der Waals surface area contributed by atoms with Crippen molar-refractivity contribution in [2.24, 2.45) is 5.73 Å². The Hall–Kier alpha value is -1.16. The Bertz CT molecular complexity index is 388. The summed E-state index contributed by atoms with van der Waals surface area (Å²) < 4.78 is 0. The lowest BCUT2D eigenvalue weighted by Crippen LogP contribution is -2.41. The summed E-state index contributed by atoms with van der Waals surface area (Å²) in [4.78, 5) is 6.93. The van der Waals surface area contributed by atoms with E-state index in [-0.39, 0.29) is 5.54 Å². The lowest BCUT2D eigenvalue weighted by molar-refractivity contribution is 0.467. The fraction of sp³-hybridized carbons (Fsp3) is 0.500. The van der Waals surface area contributed by atoms with E-state index >= 15 is 0 Å². The highest BCUT2D eigenvalue weighted by Gasteiger charge is 2.22. The molecule has 0 bridgehead atoms. The minimum Gasteiger partial charge on any atom is -0.388 e. The molecule has 0 atom stereocenters. The van der Waals surface area contributed by atoms with Crippen LogP contribution in [0.5, 0.6) is 0 Å². The quantitative estimate of drug-likeness (QED) is 0.816. The van der Waals surface area contributed by atoms with Crippen LogP contribution >= 0.6 is 12.2 Å². The van der Waals surface area contributed by atoms with E-state index in [1.165, 1.54) is 0 Å². The van der Waals surface area contributed by atoms with Gasteiger partial charge in [0.2, 0.25) is 0 Å². The smallest absolute Gasteiger partial charge is 0.129 e. The van der Waals surface area contributed by atoms with Crippen molar-refractivity contribution in [3.63, 3.8) is 0 Å². The standard InChI is InChI=1S/C12H19N3S/c1-5-12(2,3)15(4)10-8-6-7-9(14-10)11(13)16/h6-8H,5H2,1-4H3,(H2,13,16). The summed E-state index contributed by atoms with van der Waals surface area (Å²) in [5.74, 6) is 0.900. The van der Waals surface area contributed by atoms with Crippen LogP contribution in [0, 0.1) is 0 Å². The minimum absolute atomic E-state index is 0.0713. The Morgan fingerprint density at radius 2 is 2.12 bits per heavy atom. The van der Waals surface area contributed by atoms with Gasteiger partial charge in [-0.3, -0.25) is 0 Å². The molecule has 0 aliphatic carbocycles. The number of thiocarbonyl (C=S) groups is 1. The average molecular weight is 237 g/mol. The molecule has 0 unspecified atom stereocenters. The minimum atomic E-state index is 0.0713. The molecule has 0 aliphatic heterocycles. The normalized spacial score (nSPS) is 11.2. The maximum Gasteiger partial charge on any atom is 0.129 e. The van der Waals surface area contributed by atoms with Gasteiger partial charge in [-0.15, -0.1) is 0 Å². The van der Waals surface area contributed by atoms with Crippen molar-refractivity contribution >= 4 is 23.0 Å². The Morgan fingerprint density at radius 3 is 2.62 bits per heavy atom. The molecule has 2 N–H and O–H groups in total. The molecule has 1 rings (SSSR count). The number of hydrogen-bond donors (Lipinski definition) is 1. The first-order valence-electron chi connectivity index (χ1n) is 5.39. The van der Waals surface area contributed by atoms with Gasteiger partial charge in [0.15, 0.2) is 0 Å². The molecule has 0 spiro atoms. The Morgan fingerprint density at radius 1 is 1.50 bits per heavy atom. The molecule has 0 aliphatic rings. The molecule has 0 amide bonds. The van der Waals surface area contributed by atoms with Crippen LogP contribution in [0.4, 0.5) is 5.82 Å². The SMILES string of the molecule is CCC(C)(C)N(C)c1cccc(C(N)=S)n1. The molecule has 0 fully saturated rings. The second-order valence-electron chi connectivity index (χ2n) is 4.47. The number of aromatic nitrogens is 1. The van der Waals surface area contributed by atoms with Gasteiger partial charge in [-0.25, -0.2) is 4.98 Å². The molecular formula is C12H19N3S. The fourth-order valence-corrected chi connectivity index (χ4v) is 1.41. The molecule has 0 saturated heterocycles. The van der Waals surface area contributed by atoms with Crippen molar-refractivity contribution in [1.29, 1.82) is 0 Å². The van der Waals surface area contributed by atoms with Gasteiger partial charge in [0.25, 0.3) is 0 Å². The Balaban J connectivity index is 3.05. The third kappa shape index (κ3) is 2.70. The summed E-state index contributed by atoms with van der Waals surface area (Å²) in [5.41, 5.74) is 6.32. The molecule has 1 heterocycles. The molecule has 0 saturated carbocycles. The van der Waals surface area contributed by atoms with Crippen molar-refractivity contribution in [2.45, 2.75) is 32.7 Å². The zero-order valence-electron chi connectivity index (χ0n) is 10.3. The lowest BCUT2D eigenvalue weighted by atomic mass is 10.00. The summed E-state index contributed by atoms with van der Waals surface area (Å²) in [6.45, 7) is 6.53. The Labute approximate surface area is 103 Å². The van der Waals surface area contributed by atoms with Crippen molar-refractivity contribution in [2.75, 3.05) is 11.9 Å². The molecule has 3 nitrogen and oxygen atoms in total. The maximum absolute atomic E-state index is 5.57. The van der Waals surface area contributed by atoms with Crippen LogP contribution in [0.25, 0.3) is 0 Å². The highest BCUT2D eigenvalue weighted by Crippen LogP contribution is 2.22. The van der Waals surface area contributed by atoms with Crippen LogP contribution in [0.3, 0.4) is 0 Å². The van der Waals surface area contributed by atoms with Gasteiger partial charge in [-0.2, -0.15) is 0 Å². The van der Waals surface area contributed by atoms with Crippen molar-refractivity contribution in [3.05, 3.63) is 23.9 Å². The number of anilines is 1. The molecular weight excluding hydrogens is 218 g/mol. The number of pyridine rings is 1. The summed E-state index contributed by atoms with van der Waals surface area (Å²) >= 11 is 4.93. The summed E-state index contributed by atoms with van der Waals surface area (Å²) in [7, 11) is 2.04. The van der Waals surface area contributed by atoms with Gasteiger partial charge >= 0.3 is 0 Å². The summed E-state index contributed by atoms with van der Waals surface area (Å²) in [6, 6.07) is 5.73. The topological polar surface area (TPSA) is 42.1 Å². The van der Waals surface area contributed by atoms with E-state index in [4.69, 9.17) is 18.0 Å². The van der Waals surface area contributed by atoms with Gasteiger partial charge < -0.3 is 10.6 Å². The maximum atomic E-state index is 5.57. The van der Waals surface area contributed by atoms with Crippen molar-refractivity contribution in [1.82, 2.24) is 4.98 Å². The van der Waals surface area contributed by atoms with E-state index in [1.807, 2.05) is 25.2 Å². The monoisotopic (exact) mass is 237 g/mol. The number of nitrogens with zero attached hydrogens (tertiary/aromatic N) is 2. The molecule has 1 aromatic heterocycles. The van der Waals surface area contributed by atoms with Crippen molar-refractivity contribution in [3.8, 4) is 0 Å². The van der Waals surface area contributed by atoms with E-state index in [0.717, 1.165) is 12.2 Å². The second-order valence-corrected chi connectivity index (χ2v) is 4.91. The van der Waals surface area contributed by atoms with Gasteiger partial charge in [-0.1, -0.05) is 25.2 Å². The fourth-order valence-electron chi connectivity index (χ4n) is 1.29. The predicted octanol–water partition coefficient (Wildman–Crippen LogP) is 2.34. The molecule has 4 heteroatoms. The van der Waals surface area contributed by atoms with E-state index in [2.05, 4.69) is 30.7 Å². The van der Waals surface area contributed by atoms with Gasteiger partial charge in [0.05, 0.1) is 5.69 Å². The average Bonchev–Trinajstić information content (AvgIpc) is 2.28. The lowest BCUT2D eigenvalue weighted by Gasteiger charge is -2.35. The van der Waals surface area contributed by atoms with Gasteiger partial charge in [-0.05, 0) is 32.4 Å². The van der Waals surface area contributed by atoms with E-state index in [9.17, 15) is 0 Å². The van der Waals surface area contributed by atoms with Gasteiger partial charge in [0, 0.05) is 12.6 Å². The highest BCUT2D eigenvalue weighted by molar-refractivity contribution is 7.80. The van der Waals surface area contributed by atoms with Crippen molar-refractivity contribution < 1.29 is 0 Å². The zero-order valence-corrected chi connectivity index (χ0v) is 11.1. The van der Waals surface area contributed by atoms with Crippen LogP contribution in [-0.2, 0) is 0 Å². The van der Waals surface area contributed by atoms with Crippen LogP contribution < -0.4 is 10.6 Å². The Kier molecular flexibility index (Phi) is 3.86. The molecule has 88 valence electrons. The summed E-state index contributed by atoms with van der Waals surface area (Å²) in [6.07, 6.45) is 1.04. The van der Waals surface area contributed by atoms with E-state index in [0.29, 0.717) is 10.7 Å². The molecule has 16 heavy (non-hydrogen) atoms. The van der Waals surface area contributed by atoms with E-state index < -0.39 is 0 Å². The van der Waals surface area contributed by atoms with Gasteiger partial charge in [0.1, 0.15) is 10.8 Å². The van der Waals surface area contributed by atoms with Crippen LogP contribution in [0.2, 0.25) is 0 Å². The third-order valence-corrected chi connectivity index (χ3v) is 3.31. The number of nitrogens with two attached hydrogens (primary N) is 1. The summed E-state index contributed by atoms with van der Waals surface area (Å²) in [5, 5.41) is 0. The molecule has 0 aromatic carbocycles. The first-order valence-corrected chi connectivity index (χ1v) is 5.80. The van der Waals surface area contributed by atoms with Crippen LogP contribution in [-0.4, -0.2) is 22.6 Å². The first-order chi connectivity index (χ1) is 7.38. The third-order valence-electron chi connectivity index (χ3n) is 3.10. The molecule has 0 radical (unpaired) electrons. The first kappa shape index (κ1) is 12.9. The van der Waals surface area contributed by atoms with Crippen LogP contribution in [0.1, 0.15) is 32.9 Å². The predicted molar refractivity (Wildman–Crippen MR) is 72.9 cm³/mol. The number of rotatable bonds is 4. The number of hydrogen-bond acceptors (Lipinski definition) is 3. The van der Waals surface area contributed by atoms with E-state index in [1.54, 1.807) is 0 Å².